The summed E-state index contributed by atoms with van der Waals surface area (Å²) in [6, 6.07) is -0.404. The molecule has 1 aromatic rings. The first kappa shape index (κ1) is 20.1. The molecule has 0 spiro atoms. The number of aliphatic hydroxyl groups is 1. The Morgan fingerprint density at radius 2 is 2.00 bits per heavy atom. The predicted molar refractivity (Wildman–Crippen MR) is 99.4 cm³/mol. The minimum Gasteiger partial charge on any atom is -0.391 e. The van der Waals surface area contributed by atoms with Crippen LogP contribution >= 0.6 is 11.6 Å². The minimum atomic E-state index is -0.768. The number of rotatable bonds is 4. The summed E-state index contributed by atoms with van der Waals surface area (Å²) in [6.45, 7) is 1.39. The third-order valence-electron chi connectivity index (χ3n) is 5.57. The van der Waals surface area contributed by atoms with Gasteiger partial charge in [-0.3, -0.25) is 14.3 Å². The maximum atomic E-state index is 12.7. The summed E-state index contributed by atoms with van der Waals surface area (Å²) in [4.78, 5) is 27.0. The minimum absolute atomic E-state index is 0.0983. The normalized spacial score (nSPS) is 26.8. The van der Waals surface area contributed by atoms with Gasteiger partial charge in [0.1, 0.15) is 0 Å². The number of aryl methyl sites for hydroxylation is 1. The molecule has 3 rings (SSSR count). The van der Waals surface area contributed by atoms with Crippen molar-refractivity contribution in [3.8, 4) is 0 Å². The number of carbonyl (C=O) groups excluding carboxylic acids is 2. The number of aromatic nitrogens is 2. The van der Waals surface area contributed by atoms with Gasteiger partial charge >= 0.3 is 0 Å². The standard InChI is InChI=1S/C18H27ClN4O4/c1-22-10-13(19)16(21-22)17(25)20-14-4-3-11(9-15(14)24)18(26)23-7-5-12(27-2)6-8-23/h10-12,14-15,24H,3-9H2,1-2H3,(H,20,25)/t11-,14-,15-/m0/s1. The van der Waals surface area contributed by atoms with E-state index in [2.05, 4.69) is 10.4 Å². The molecule has 0 unspecified atom stereocenters. The number of likely N-dealkylation sites (tertiary alicyclic amines) is 1. The highest BCUT2D eigenvalue weighted by Gasteiger charge is 2.36. The number of amides is 2. The largest absolute Gasteiger partial charge is 0.391 e. The van der Waals surface area contributed by atoms with Crippen molar-refractivity contribution in [2.75, 3.05) is 20.2 Å². The van der Waals surface area contributed by atoms with Crippen molar-refractivity contribution in [3.05, 3.63) is 16.9 Å². The number of nitrogens with zero attached hydrogens (tertiary/aromatic N) is 3. The first-order valence-corrected chi connectivity index (χ1v) is 9.76. The van der Waals surface area contributed by atoms with Crippen molar-refractivity contribution in [1.29, 1.82) is 0 Å². The van der Waals surface area contributed by atoms with Crippen LogP contribution in [0.2, 0.25) is 5.02 Å². The molecule has 2 aliphatic rings. The number of carbonyl (C=O) groups is 2. The monoisotopic (exact) mass is 398 g/mol. The smallest absolute Gasteiger partial charge is 0.273 e. The Kier molecular flexibility index (Phi) is 6.39. The van der Waals surface area contributed by atoms with Crippen LogP contribution in [-0.4, -0.2) is 70.1 Å². The summed E-state index contributed by atoms with van der Waals surface area (Å²) in [7, 11) is 3.38. The van der Waals surface area contributed by atoms with Crippen molar-refractivity contribution >= 4 is 23.4 Å². The van der Waals surface area contributed by atoms with Crippen LogP contribution in [0.25, 0.3) is 0 Å². The molecule has 1 saturated carbocycles. The zero-order chi connectivity index (χ0) is 19.6. The van der Waals surface area contributed by atoms with Crippen LogP contribution in [0.3, 0.4) is 0 Å². The zero-order valence-corrected chi connectivity index (χ0v) is 16.5. The van der Waals surface area contributed by atoms with Crippen LogP contribution in [0.15, 0.2) is 6.20 Å². The maximum absolute atomic E-state index is 12.7. The van der Waals surface area contributed by atoms with Crippen LogP contribution in [-0.2, 0) is 16.6 Å². The highest BCUT2D eigenvalue weighted by molar-refractivity contribution is 6.33. The number of piperidine rings is 1. The Morgan fingerprint density at radius 1 is 1.30 bits per heavy atom. The Balaban J connectivity index is 1.52. The van der Waals surface area contributed by atoms with Gasteiger partial charge in [-0.15, -0.1) is 0 Å². The molecule has 2 N–H and O–H groups in total. The van der Waals surface area contributed by atoms with Gasteiger partial charge in [0.2, 0.25) is 5.91 Å². The van der Waals surface area contributed by atoms with E-state index in [1.165, 1.54) is 4.68 Å². The maximum Gasteiger partial charge on any atom is 0.273 e. The molecule has 0 radical (unpaired) electrons. The van der Waals surface area contributed by atoms with Gasteiger partial charge < -0.3 is 20.1 Å². The molecular formula is C18H27ClN4O4. The summed E-state index contributed by atoms with van der Waals surface area (Å²) in [5.41, 5.74) is 0.144. The molecule has 1 aliphatic carbocycles. The second-order valence-electron chi connectivity index (χ2n) is 7.42. The van der Waals surface area contributed by atoms with E-state index in [1.54, 1.807) is 20.4 Å². The fraction of sp³-hybridized carbons (Fsp3) is 0.722. The highest BCUT2D eigenvalue weighted by atomic mass is 35.5. The van der Waals surface area contributed by atoms with Gasteiger partial charge in [0, 0.05) is 39.4 Å². The van der Waals surface area contributed by atoms with E-state index in [0.717, 1.165) is 12.8 Å². The number of halogens is 1. The Labute approximate surface area is 163 Å². The summed E-state index contributed by atoms with van der Waals surface area (Å²) < 4.78 is 6.81. The number of hydrogen-bond acceptors (Lipinski definition) is 5. The van der Waals surface area contributed by atoms with Crippen LogP contribution in [0, 0.1) is 5.92 Å². The van der Waals surface area contributed by atoms with Gasteiger partial charge in [-0.1, -0.05) is 11.6 Å². The van der Waals surface area contributed by atoms with E-state index in [4.69, 9.17) is 16.3 Å². The Hall–Kier alpha value is -1.64. The fourth-order valence-corrected chi connectivity index (χ4v) is 4.22. The summed E-state index contributed by atoms with van der Waals surface area (Å²) >= 11 is 6.00. The highest BCUT2D eigenvalue weighted by Crippen LogP contribution is 2.28. The summed E-state index contributed by atoms with van der Waals surface area (Å²) in [6.07, 6.45) is 4.24. The number of aliphatic hydroxyl groups excluding tert-OH is 1. The van der Waals surface area contributed by atoms with E-state index in [1.807, 2.05) is 4.90 Å². The van der Waals surface area contributed by atoms with Gasteiger partial charge in [-0.25, -0.2) is 0 Å². The molecule has 8 nitrogen and oxygen atoms in total. The number of methoxy groups -OCH3 is 1. The molecule has 3 atom stereocenters. The molecule has 2 heterocycles. The van der Waals surface area contributed by atoms with Crippen LogP contribution in [0.5, 0.6) is 0 Å². The molecule has 150 valence electrons. The average molecular weight is 399 g/mol. The molecule has 0 aromatic carbocycles. The Morgan fingerprint density at radius 3 is 2.56 bits per heavy atom. The topological polar surface area (TPSA) is 96.7 Å². The number of hydrogen-bond donors (Lipinski definition) is 2. The van der Waals surface area contributed by atoms with Gasteiger partial charge in [-0.05, 0) is 32.1 Å². The van der Waals surface area contributed by atoms with E-state index >= 15 is 0 Å². The molecule has 9 heteroatoms. The lowest BCUT2D eigenvalue weighted by atomic mass is 9.82. The SMILES string of the molecule is COC1CCN(C(=O)[C@H]2CC[C@H](NC(=O)c3nn(C)cc3Cl)[C@@H](O)C2)CC1. The molecule has 1 aromatic heterocycles. The summed E-state index contributed by atoms with van der Waals surface area (Å²) in [5, 5.41) is 17.6. The second kappa shape index (κ2) is 8.58. The van der Waals surface area contributed by atoms with Gasteiger partial charge in [0.15, 0.2) is 5.69 Å². The van der Waals surface area contributed by atoms with E-state index in [-0.39, 0.29) is 28.6 Å². The van der Waals surface area contributed by atoms with E-state index in [9.17, 15) is 14.7 Å². The molecule has 2 amide bonds. The first-order chi connectivity index (χ1) is 12.9. The predicted octanol–water partition coefficient (Wildman–Crippen LogP) is 0.970. The number of nitrogens with one attached hydrogen (secondary N) is 1. The molecule has 1 saturated heterocycles. The van der Waals surface area contributed by atoms with Crippen molar-refractivity contribution in [2.45, 2.75) is 50.4 Å². The fourth-order valence-electron chi connectivity index (χ4n) is 3.96. The molecule has 27 heavy (non-hydrogen) atoms. The van der Waals surface area contributed by atoms with Crippen molar-refractivity contribution in [1.82, 2.24) is 20.0 Å². The third-order valence-corrected chi connectivity index (χ3v) is 5.85. The van der Waals surface area contributed by atoms with Crippen molar-refractivity contribution in [2.24, 2.45) is 13.0 Å². The average Bonchev–Trinajstić information content (AvgIpc) is 3.01. The summed E-state index contributed by atoms with van der Waals surface area (Å²) in [5.74, 6) is -0.511. The molecule has 0 bridgehead atoms. The van der Waals surface area contributed by atoms with E-state index in [0.29, 0.717) is 32.4 Å². The van der Waals surface area contributed by atoms with Gasteiger partial charge in [-0.2, -0.15) is 5.10 Å². The molecular weight excluding hydrogens is 372 g/mol. The first-order valence-electron chi connectivity index (χ1n) is 9.38. The van der Waals surface area contributed by atoms with E-state index < -0.39 is 18.1 Å². The Bertz CT molecular complexity index is 687. The lowest BCUT2D eigenvalue weighted by molar-refractivity contribution is -0.140. The zero-order valence-electron chi connectivity index (χ0n) is 15.7. The molecule has 2 fully saturated rings. The molecule has 1 aliphatic heterocycles. The van der Waals surface area contributed by atoms with Crippen molar-refractivity contribution < 1.29 is 19.4 Å². The van der Waals surface area contributed by atoms with Gasteiger partial charge in [0.25, 0.3) is 5.91 Å². The van der Waals surface area contributed by atoms with Crippen LogP contribution in [0.4, 0.5) is 0 Å². The van der Waals surface area contributed by atoms with Crippen LogP contribution in [0.1, 0.15) is 42.6 Å². The van der Waals surface area contributed by atoms with Crippen LogP contribution < -0.4 is 5.32 Å². The second-order valence-corrected chi connectivity index (χ2v) is 7.82. The third kappa shape index (κ3) is 4.62. The van der Waals surface area contributed by atoms with Gasteiger partial charge in [0.05, 0.1) is 23.3 Å². The lowest BCUT2D eigenvalue weighted by Gasteiger charge is -2.37. The quantitative estimate of drug-likeness (QED) is 0.787. The van der Waals surface area contributed by atoms with Crippen molar-refractivity contribution in [3.63, 3.8) is 0 Å². The number of ether oxygens (including phenoxy) is 1. The lowest BCUT2D eigenvalue weighted by Crippen LogP contribution is -2.50.